The minimum absolute atomic E-state index is 0.174. The van der Waals surface area contributed by atoms with Crippen molar-refractivity contribution in [3.63, 3.8) is 0 Å². The van der Waals surface area contributed by atoms with E-state index in [9.17, 15) is 4.79 Å². The van der Waals surface area contributed by atoms with E-state index in [4.69, 9.17) is 27.7 Å². The Morgan fingerprint density at radius 1 is 0.966 bits per heavy atom. The van der Waals surface area contributed by atoms with Crippen LogP contribution in [0, 0.1) is 0 Å². The van der Waals surface area contributed by atoms with Crippen LogP contribution < -0.4 is 4.90 Å². The molecule has 4 rings (SSSR count). The van der Waals surface area contributed by atoms with Gasteiger partial charge in [-0.05, 0) is 48.0 Å². The van der Waals surface area contributed by atoms with E-state index in [1.807, 2.05) is 24.3 Å². The highest BCUT2D eigenvalue weighted by molar-refractivity contribution is 6.31. The summed E-state index contributed by atoms with van der Waals surface area (Å²) in [7, 11) is 0. The van der Waals surface area contributed by atoms with E-state index in [1.54, 1.807) is 54.7 Å². The zero-order valence-corrected chi connectivity index (χ0v) is 16.6. The summed E-state index contributed by atoms with van der Waals surface area (Å²) in [5.41, 5.74) is 1.75. The molecule has 0 spiro atoms. The maximum atomic E-state index is 13.3. The zero-order valence-electron chi connectivity index (χ0n) is 15.1. The fourth-order valence-corrected chi connectivity index (χ4v) is 3.15. The Kier molecular flexibility index (Phi) is 5.60. The standard InChI is InChI=1S/C22H15Cl2N3O2/c23-17-10-8-15(9-11-17)20-13-19(26-29-20)22(28)27(21-7-3-4-12-25-21)14-16-5-1-2-6-18(16)24/h1-13H,14H2. The molecule has 0 aliphatic carbocycles. The Morgan fingerprint density at radius 3 is 2.45 bits per heavy atom. The number of anilines is 1. The van der Waals surface area contributed by atoms with E-state index in [1.165, 1.54) is 4.90 Å². The van der Waals surface area contributed by atoms with Crippen LogP contribution in [0.3, 0.4) is 0 Å². The van der Waals surface area contributed by atoms with Gasteiger partial charge in [-0.2, -0.15) is 0 Å². The highest BCUT2D eigenvalue weighted by Gasteiger charge is 2.23. The first kappa shape index (κ1) is 19.2. The number of nitrogens with zero attached hydrogens (tertiary/aromatic N) is 3. The highest BCUT2D eigenvalue weighted by Crippen LogP contribution is 2.25. The third-order valence-corrected chi connectivity index (χ3v) is 4.94. The summed E-state index contributed by atoms with van der Waals surface area (Å²) in [4.78, 5) is 19.1. The lowest BCUT2D eigenvalue weighted by atomic mass is 10.1. The lowest BCUT2D eigenvalue weighted by molar-refractivity contribution is 0.0975. The molecule has 0 atom stereocenters. The molecule has 0 N–H and O–H groups in total. The van der Waals surface area contributed by atoms with Gasteiger partial charge in [0.2, 0.25) is 0 Å². The largest absolute Gasteiger partial charge is 0.355 e. The Morgan fingerprint density at radius 2 is 1.72 bits per heavy atom. The van der Waals surface area contributed by atoms with Crippen molar-refractivity contribution in [2.45, 2.75) is 6.54 Å². The summed E-state index contributed by atoms with van der Waals surface area (Å²) < 4.78 is 5.38. The minimum Gasteiger partial charge on any atom is -0.355 e. The Bertz CT molecular complexity index is 1130. The first-order valence-electron chi connectivity index (χ1n) is 8.81. The van der Waals surface area contributed by atoms with Crippen LogP contribution in [-0.4, -0.2) is 16.0 Å². The molecule has 144 valence electrons. The van der Waals surface area contributed by atoms with Crippen molar-refractivity contribution in [3.05, 3.63) is 100 Å². The maximum Gasteiger partial charge on any atom is 0.281 e. The monoisotopic (exact) mass is 423 g/mol. The van der Waals surface area contributed by atoms with E-state index in [2.05, 4.69) is 10.1 Å². The molecule has 0 aliphatic rings. The fraction of sp³-hybridized carbons (Fsp3) is 0.0455. The molecule has 4 aromatic rings. The molecule has 0 unspecified atom stereocenters. The van der Waals surface area contributed by atoms with Gasteiger partial charge < -0.3 is 4.52 Å². The second-order valence-corrected chi connectivity index (χ2v) is 7.10. The number of carbonyl (C=O) groups is 1. The van der Waals surface area contributed by atoms with Crippen molar-refractivity contribution in [3.8, 4) is 11.3 Å². The van der Waals surface area contributed by atoms with Crippen LogP contribution in [0.25, 0.3) is 11.3 Å². The fourth-order valence-electron chi connectivity index (χ4n) is 2.83. The van der Waals surface area contributed by atoms with E-state index in [0.717, 1.165) is 11.1 Å². The molecular weight excluding hydrogens is 409 g/mol. The molecule has 2 heterocycles. The molecule has 0 radical (unpaired) electrons. The summed E-state index contributed by atoms with van der Waals surface area (Å²) in [6.45, 7) is 0.249. The minimum atomic E-state index is -0.340. The number of amides is 1. The number of hydrogen-bond acceptors (Lipinski definition) is 4. The van der Waals surface area contributed by atoms with Gasteiger partial charge in [-0.1, -0.05) is 52.6 Å². The van der Waals surface area contributed by atoms with Gasteiger partial charge in [-0.15, -0.1) is 0 Å². The van der Waals surface area contributed by atoms with E-state index < -0.39 is 0 Å². The number of hydrogen-bond donors (Lipinski definition) is 0. The predicted octanol–water partition coefficient (Wildman–Crippen LogP) is 5.89. The summed E-state index contributed by atoms with van der Waals surface area (Å²) >= 11 is 12.2. The summed E-state index contributed by atoms with van der Waals surface area (Å²) in [5.74, 6) is 0.629. The van der Waals surface area contributed by atoms with Crippen molar-refractivity contribution >= 4 is 34.9 Å². The molecular formula is C22H15Cl2N3O2. The third kappa shape index (κ3) is 4.31. The highest BCUT2D eigenvalue weighted by atomic mass is 35.5. The van der Waals surface area contributed by atoms with E-state index in [0.29, 0.717) is 21.6 Å². The molecule has 2 aromatic carbocycles. The van der Waals surface area contributed by atoms with Gasteiger partial charge in [-0.3, -0.25) is 9.69 Å². The molecule has 2 aromatic heterocycles. The zero-order chi connectivity index (χ0) is 20.2. The average molecular weight is 424 g/mol. The predicted molar refractivity (Wildman–Crippen MR) is 113 cm³/mol. The quantitative estimate of drug-likeness (QED) is 0.401. The smallest absolute Gasteiger partial charge is 0.281 e. The van der Waals surface area contributed by atoms with Crippen molar-refractivity contribution < 1.29 is 9.32 Å². The van der Waals surface area contributed by atoms with Crippen LogP contribution in [0.15, 0.2) is 83.5 Å². The molecule has 29 heavy (non-hydrogen) atoms. The van der Waals surface area contributed by atoms with E-state index in [-0.39, 0.29) is 18.1 Å². The summed E-state index contributed by atoms with van der Waals surface area (Å²) in [5, 5.41) is 5.15. The Hall–Kier alpha value is -3.15. The lowest BCUT2D eigenvalue weighted by Crippen LogP contribution is -2.31. The van der Waals surface area contributed by atoms with Crippen molar-refractivity contribution in [1.29, 1.82) is 0 Å². The number of benzene rings is 2. The van der Waals surface area contributed by atoms with Gasteiger partial charge in [0.15, 0.2) is 11.5 Å². The van der Waals surface area contributed by atoms with Gasteiger partial charge in [0.25, 0.3) is 5.91 Å². The normalized spacial score (nSPS) is 10.7. The van der Waals surface area contributed by atoms with Crippen molar-refractivity contribution in [2.24, 2.45) is 0 Å². The lowest BCUT2D eigenvalue weighted by Gasteiger charge is -2.21. The number of aromatic nitrogens is 2. The molecule has 0 saturated carbocycles. The number of rotatable bonds is 5. The second-order valence-electron chi connectivity index (χ2n) is 6.25. The van der Waals surface area contributed by atoms with Crippen LogP contribution in [0.4, 0.5) is 5.82 Å². The maximum absolute atomic E-state index is 13.3. The Labute approximate surface area is 177 Å². The first-order chi connectivity index (χ1) is 14.1. The van der Waals surface area contributed by atoms with Crippen LogP contribution in [0.1, 0.15) is 16.1 Å². The Balaban J connectivity index is 1.67. The number of pyridine rings is 1. The third-order valence-electron chi connectivity index (χ3n) is 4.32. The second kappa shape index (κ2) is 8.47. The summed E-state index contributed by atoms with van der Waals surface area (Å²) in [6, 6.07) is 21.4. The molecule has 5 nitrogen and oxygen atoms in total. The topological polar surface area (TPSA) is 59.2 Å². The van der Waals surface area contributed by atoms with Crippen LogP contribution in [0.2, 0.25) is 10.0 Å². The van der Waals surface area contributed by atoms with Gasteiger partial charge in [-0.25, -0.2) is 4.98 Å². The van der Waals surface area contributed by atoms with Gasteiger partial charge in [0.05, 0.1) is 6.54 Å². The molecule has 0 bridgehead atoms. The molecule has 1 amide bonds. The van der Waals surface area contributed by atoms with Crippen molar-refractivity contribution in [2.75, 3.05) is 4.90 Å². The molecule has 0 aliphatic heterocycles. The van der Waals surface area contributed by atoms with E-state index >= 15 is 0 Å². The molecule has 0 fully saturated rings. The first-order valence-corrected chi connectivity index (χ1v) is 9.56. The molecule has 7 heteroatoms. The number of halogens is 2. The van der Waals surface area contributed by atoms with Crippen LogP contribution in [-0.2, 0) is 6.54 Å². The number of carbonyl (C=O) groups excluding carboxylic acids is 1. The van der Waals surface area contributed by atoms with Gasteiger partial charge >= 0.3 is 0 Å². The average Bonchev–Trinajstić information content (AvgIpc) is 3.24. The molecule has 0 saturated heterocycles. The van der Waals surface area contributed by atoms with Crippen LogP contribution >= 0.6 is 23.2 Å². The SMILES string of the molecule is O=C(c1cc(-c2ccc(Cl)cc2)on1)N(Cc1ccccc1Cl)c1ccccn1. The van der Waals surface area contributed by atoms with Crippen molar-refractivity contribution in [1.82, 2.24) is 10.1 Å². The van der Waals surface area contributed by atoms with Gasteiger partial charge in [0, 0.05) is 27.9 Å². The summed E-state index contributed by atoms with van der Waals surface area (Å²) in [6.07, 6.45) is 1.63. The van der Waals surface area contributed by atoms with Gasteiger partial charge in [0.1, 0.15) is 5.82 Å². The van der Waals surface area contributed by atoms with Crippen LogP contribution in [0.5, 0.6) is 0 Å².